The lowest BCUT2D eigenvalue weighted by molar-refractivity contribution is 0.00905. The Morgan fingerprint density at radius 1 is 1.05 bits per heavy atom. The van der Waals surface area contributed by atoms with Crippen LogP contribution in [0, 0.1) is 12.3 Å². The van der Waals surface area contributed by atoms with Crippen molar-refractivity contribution in [2.24, 2.45) is 5.41 Å². The Bertz CT molecular complexity index is 1510. The number of nitrogens with zero attached hydrogens (tertiary/aromatic N) is 7. The van der Waals surface area contributed by atoms with Crippen LogP contribution in [0.5, 0.6) is 0 Å². The van der Waals surface area contributed by atoms with Crippen LogP contribution in [-0.4, -0.2) is 89.2 Å². The van der Waals surface area contributed by atoms with E-state index in [1.165, 1.54) is 12.8 Å². The van der Waals surface area contributed by atoms with Gasteiger partial charge < -0.3 is 19.6 Å². The molecule has 12 nitrogen and oxygen atoms in total. The topological polar surface area (TPSA) is 139 Å². The highest BCUT2D eigenvalue weighted by Gasteiger charge is 2.45. The van der Waals surface area contributed by atoms with E-state index in [0.717, 1.165) is 49.4 Å². The molecule has 7 rings (SSSR count). The van der Waals surface area contributed by atoms with E-state index in [1.807, 2.05) is 31.3 Å². The lowest BCUT2D eigenvalue weighted by Gasteiger charge is -2.52. The predicted molar refractivity (Wildman–Crippen MR) is 150 cm³/mol. The average molecular weight is 567 g/mol. The summed E-state index contributed by atoms with van der Waals surface area (Å²) in [6, 6.07) is 8.00. The summed E-state index contributed by atoms with van der Waals surface area (Å²) in [5.74, 6) is 0.353. The van der Waals surface area contributed by atoms with E-state index in [4.69, 9.17) is 19.8 Å². The molecule has 4 fully saturated rings. The van der Waals surface area contributed by atoms with Crippen molar-refractivity contribution in [3.63, 3.8) is 0 Å². The normalized spacial score (nSPS) is 23.2. The number of aromatic nitrogens is 5. The number of benzene rings is 1. The highest BCUT2D eigenvalue weighted by molar-refractivity contribution is 7.92. The molecule has 5 heterocycles. The Kier molecular flexibility index (Phi) is 6.20. The second kappa shape index (κ2) is 9.67. The van der Waals surface area contributed by atoms with Gasteiger partial charge in [0, 0.05) is 18.8 Å². The number of anilines is 3. The molecule has 13 heteroatoms. The van der Waals surface area contributed by atoms with Gasteiger partial charge in [-0.05, 0) is 68.7 Å². The van der Waals surface area contributed by atoms with Crippen molar-refractivity contribution in [1.82, 2.24) is 25.0 Å². The molecule has 40 heavy (non-hydrogen) atoms. The van der Waals surface area contributed by atoms with Crippen molar-refractivity contribution in [1.29, 1.82) is 0 Å². The van der Waals surface area contributed by atoms with Gasteiger partial charge in [0.15, 0.2) is 0 Å². The summed E-state index contributed by atoms with van der Waals surface area (Å²) < 4.78 is 34.7. The van der Waals surface area contributed by atoms with E-state index >= 15 is 0 Å². The minimum atomic E-state index is -3.65. The SMILES string of the molecule is Cc1cc(-c2cn(-c3ccc(NS(=O)(=O)CCO)cc3N3CCC4(CC3)CC4)nn2)nc(N2C3COCC2C3)n1. The maximum absolute atomic E-state index is 12.4. The third kappa shape index (κ3) is 4.79. The minimum absolute atomic E-state index is 0.319. The predicted octanol–water partition coefficient (Wildman–Crippen LogP) is 2.12. The summed E-state index contributed by atoms with van der Waals surface area (Å²) in [5.41, 5.74) is 4.88. The Morgan fingerprint density at radius 3 is 2.52 bits per heavy atom. The van der Waals surface area contributed by atoms with Crippen LogP contribution in [0.15, 0.2) is 30.5 Å². The van der Waals surface area contributed by atoms with Crippen LogP contribution >= 0.6 is 0 Å². The Morgan fingerprint density at radius 2 is 1.82 bits per heavy atom. The molecule has 2 bridgehead atoms. The van der Waals surface area contributed by atoms with Crippen molar-refractivity contribution < 1.29 is 18.3 Å². The maximum atomic E-state index is 12.4. The maximum Gasteiger partial charge on any atom is 0.234 e. The van der Waals surface area contributed by atoms with Crippen molar-refractivity contribution >= 4 is 27.3 Å². The monoisotopic (exact) mass is 566 g/mol. The molecule has 2 atom stereocenters. The van der Waals surface area contributed by atoms with Gasteiger partial charge in [0.05, 0.1) is 66.6 Å². The Hall–Kier alpha value is -3.29. The van der Waals surface area contributed by atoms with Crippen molar-refractivity contribution in [2.75, 3.05) is 53.2 Å². The molecular formula is C27H34N8O4S. The summed E-state index contributed by atoms with van der Waals surface area (Å²) in [4.78, 5) is 14.1. The minimum Gasteiger partial charge on any atom is -0.395 e. The summed E-state index contributed by atoms with van der Waals surface area (Å²) in [6.45, 7) is 4.73. The van der Waals surface area contributed by atoms with Gasteiger partial charge in [-0.3, -0.25) is 4.72 Å². The number of piperidine rings is 1. The average Bonchev–Trinajstić information content (AvgIpc) is 3.49. The van der Waals surface area contributed by atoms with E-state index < -0.39 is 16.6 Å². The van der Waals surface area contributed by atoms with E-state index in [1.54, 1.807) is 10.7 Å². The number of ether oxygens (including phenoxy) is 1. The zero-order valence-corrected chi connectivity index (χ0v) is 23.3. The number of nitrogens with one attached hydrogen (secondary N) is 1. The molecule has 2 N–H and O–H groups in total. The number of aliphatic hydroxyl groups is 1. The molecule has 3 saturated heterocycles. The number of sulfonamides is 1. The standard InChI is InChI=1S/C27H34N8O4S/c1-18-12-22(29-26(28-18)35-20-14-21(35)17-39-16-20)23-15-34(32-30-23)24-3-2-19(31-40(37,38)11-10-36)13-25(24)33-8-6-27(4-5-27)7-9-33/h2-3,12-13,15,20-21,31,36H,4-11,14,16-17H2,1H3. The van der Waals surface area contributed by atoms with Crippen molar-refractivity contribution in [3.05, 3.63) is 36.2 Å². The lowest BCUT2D eigenvalue weighted by atomic mass is 9.92. The third-order valence-corrected chi connectivity index (χ3v) is 10.0. The summed E-state index contributed by atoms with van der Waals surface area (Å²) >= 11 is 0. The number of rotatable bonds is 8. The van der Waals surface area contributed by atoms with Gasteiger partial charge in [0.2, 0.25) is 16.0 Å². The van der Waals surface area contributed by atoms with Crippen LogP contribution in [0.2, 0.25) is 0 Å². The lowest BCUT2D eigenvalue weighted by Crippen LogP contribution is -2.64. The second-order valence-electron chi connectivity index (χ2n) is 11.6. The molecule has 212 valence electrons. The van der Waals surface area contributed by atoms with Gasteiger partial charge in [-0.25, -0.2) is 23.1 Å². The van der Waals surface area contributed by atoms with Crippen LogP contribution in [0.1, 0.15) is 37.8 Å². The van der Waals surface area contributed by atoms with Gasteiger partial charge in [-0.15, -0.1) is 5.10 Å². The van der Waals surface area contributed by atoms with E-state index in [0.29, 0.717) is 53.7 Å². The molecule has 2 aromatic heterocycles. The van der Waals surface area contributed by atoms with Crippen molar-refractivity contribution in [2.45, 2.75) is 51.1 Å². The number of hydrogen-bond acceptors (Lipinski definition) is 10. The van der Waals surface area contributed by atoms with Crippen molar-refractivity contribution in [3.8, 4) is 17.1 Å². The smallest absolute Gasteiger partial charge is 0.234 e. The molecule has 0 radical (unpaired) electrons. The molecular weight excluding hydrogens is 532 g/mol. The van der Waals surface area contributed by atoms with Gasteiger partial charge in [-0.1, -0.05) is 5.21 Å². The number of morpholine rings is 1. The van der Waals surface area contributed by atoms with Crippen LogP contribution in [0.25, 0.3) is 17.1 Å². The van der Waals surface area contributed by atoms with Crippen LogP contribution in [-0.2, 0) is 14.8 Å². The highest BCUT2D eigenvalue weighted by Crippen LogP contribution is 2.54. The molecule has 1 saturated carbocycles. The van der Waals surface area contributed by atoms with E-state index in [2.05, 4.69) is 24.8 Å². The first-order chi connectivity index (χ1) is 19.3. The largest absolute Gasteiger partial charge is 0.395 e. The third-order valence-electron chi connectivity index (χ3n) is 8.76. The van der Waals surface area contributed by atoms with Gasteiger partial charge in [0.25, 0.3) is 0 Å². The van der Waals surface area contributed by atoms with Gasteiger partial charge in [-0.2, -0.15) is 0 Å². The quantitative estimate of drug-likeness (QED) is 0.417. The number of fused-ring (bicyclic) bond motifs is 2. The summed E-state index contributed by atoms with van der Waals surface area (Å²) in [6.07, 6.45) is 7.83. The molecule has 3 aliphatic heterocycles. The molecule has 2 unspecified atom stereocenters. The van der Waals surface area contributed by atoms with Crippen LogP contribution < -0.4 is 14.5 Å². The summed E-state index contributed by atoms with van der Waals surface area (Å²) in [7, 11) is -3.65. The molecule has 1 spiro atoms. The number of aryl methyl sites for hydroxylation is 1. The number of aliphatic hydroxyl groups excluding tert-OH is 1. The van der Waals surface area contributed by atoms with E-state index in [-0.39, 0.29) is 5.75 Å². The zero-order chi connectivity index (χ0) is 27.5. The molecule has 0 amide bonds. The molecule has 4 aliphatic rings. The molecule has 1 aromatic carbocycles. The van der Waals surface area contributed by atoms with Crippen LogP contribution in [0.4, 0.5) is 17.3 Å². The Labute approximate surface area is 233 Å². The fourth-order valence-corrected chi connectivity index (χ4v) is 7.08. The van der Waals surface area contributed by atoms with E-state index in [9.17, 15) is 8.42 Å². The fraction of sp³-hybridized carbons (Fsp3) is 0.556. The molecule has 3 aromatic rings. The number of hydrogen-bond donors (Lipinski definition) is 2. The fourth-order valence-electron chi connectivity index (χ4n) is 6.25. The zero-order valence-electron chi connectivity index (χ0n) is 22.5. The van der Waals surface area contributed by atoms with Crippen LogP contribution in [0.3, 0.4) is 0 Å². The highest BCUT2D eigenvalue weighted by atomic mass is 32.2. The second-order valence-corrected chi connectivity index (χ2v) is 13.4. The van der Waals surface area contributed by atoms with Gasteiger partial charge >= 0.3 is 0 Å². The first-order valence-electron chi connectivity index (χ1n) is 14.0. The Balaban J connectivity index is 1.21. The van der Waals surface area contributed by atoms with Gasteiger partial charge in [0.1, 0.15) is 5.69 Å². The first kappa shape index (κ1) is 25.7. The first-order valence-corrected chi connectivity index (χ1v) is 15.6. The molecule has 1 aliphatic carbocycles. The summed E-state index contributed by atoms with van der Waals surface area (Å²) in [5, 5.41) is 18.1.